The summed E-state index contributed by atoms with van der Waals surface area (Å²) in [5.74, 6) is 2.02. The summed E-state index contributed by atoms with van der Waals surface area (Å²) in [4.78, 5) is 14.2. The summed E-state index contributed by atoms with van der Waals surface area (Å²) in [6.07, 6.45) is 8.08. The van der Waals surface area contributed by atoms with E-state index in [2.05, 4.69) is 25.1 Å². The highest BCUT2D eigenvalue weighted by Gasteiger charge is 2.24. The molecule has 0 heterocycles. The van der Waals surface area contributed by atoms with E-state index < -0.39 is 0 Å². The Morgan fingerprint density at radius 2 is 2.06 bits per heavy atom. The van der Waals surface area contributed by atoms with Crippen LogP contribution < -0.4 is 0 Å². The molecule has 0 N–H and O–H groups in total. The Balaban J connectivity index is 2.26. The number of ketones is 1. The van der Waals surface area contributed by atoms with Gasteiger partial charge in [0, 0.05) is 12.0 Å². The number of rotatable bonds is 7. The lowest BCUT2D eigenvalue weighted by molar-refractivity contribution is -0.124. The van der Waals surface area contributed by atoms with Gasteiger partial charge in [-0.05, 0) is 45.2 Å². The van der Waals surface area contributed by atoms with Gasteiger partial charge in [0.25, 0.3) is 0 Å². The smallest absolute Gasteiger partial charge is 0.149 e. The van der Waals surface area contributed by atoms with Gasteiger partial charge in [-0.15, -0.1) is 0 Å². The zero-order valence-electron chi connectivity index (χ0n) is 10.9. The Labute approximate surface area is 104 Å². The highest BCUT2D eigenvalue weighted by atomic mass is 32.2. The van der Waals surface area contributed by atoms with Crippen molar-refractivity contribution in [3.05, 3.63) is 0 Å². The Kier molecular flexibility index (Phi) is 6.44. The molecule has 0 radical (unpaired) electrons. The first-order valence-electron chi connectivity index (χ1n) is 6.37. The predicted octanol–water partition coefficient (Wildman–Crippen LogP) is 2.82. The summed E-state index contributed by atoms with van der Waals surface area (Å²) in [5, 5.41) is 0. The van der Waals surface area contributed by atoms with E-state index in [9.17, 15) is 4.79 Å². The largest absolute Gasteiger partial charge is 0.298 e. The van der Waals surface area contributed by atoms with Crippen LogP contribution in [-0.2, 0) is 4.79 Å². The Hall–Kier alpha value is -0.0200. The molecule has 3 heteroatoms. The predicted molar refractivity (Wildman–Crippen MR) is 72.1 cm³/mol. The summed E-state index contributed by atoms with van der Waals surface area (Å²) in [7, 11) is 2.08. The fourth-order valence-corrected chi connectivity index (χ4v) is 2.86. The molecule has 0 aromatic carbocycles. The Morgan fingerprint density at radius 3 is 2.62 bits per heavy atom. The fourth-order valence-electron chi connectivity index (χ4n) is 2.29. The summed E-state index contributed by atoms with van der Waals surface area (Å²) in [6.45, 7) is 2.87. The van der Waals surface area contributed by atoms with Crippen molar-refractivity contribution in [2.24, 2.45) is 5.92 Å². The minimum absolute atomic E-state index is 0.371. The van der Waals surface area contributed by atoms with Gasteiger partial charge in [0.15, 0.2) is 0 Å². The Morgan fingerprint density at radius 1 is 1.44 bits per heavy atom. The Bertz CT molecular complexity index is 214. The van der Waals surface area contributed by atoms with E-state index in [0.29, 0.717) is 24.3 Å². The van der Waals surface area contributed by atoms with Gasteiger partial charge in [0.1, 0.15) is 5.78 Å². The molecule has 1 saturated carbocycles. The van der Waals surface area contributed by atoms with E-state index in [4.69, 9.17) is 0 Å². The molecule has 0 aliphatic heterocycles. The van der Waals surface area contributed by atoms with Crippen LogP contribution in [-0.4, -0.2) is 42.3 Å². The third-order valence-corrected chi connectivity index (χ3v) is 4.35. The number of carbonyl (C=O) groups excluding carboxylic acids is 1. The van der Waals surface area contributed by atoms with Crippen LogP contribution >= 0.6 is 11.8 Å². The quantitative estimate of drug-likeness (QED) is 0.686. The van der Waals surface area contributed by atoms with Crippen LogP contribution in [0.5, 0.6) is 0 Å². The van der Waals surface area contributed by atoms with Crippen LogP contribution in [0.25, 0.3) is 0 Å². The first-order valence-corrected chi connectivity index (χ1v) is 7.76. The standard InChI is InChI=1S/C13H25NOS/c1-11(8-9-16-3)14(2)10-13(15)12-6-4-5-7-12/h11-12H,4-10H2,1-3H3. The minimum Gasteiger partial charge on any atom is -0.298 e. The molecule has 1 atom stereocenters. The van der Waals surface area contributed by atoms with Crippen molar-refractivity contribution in [2.45, 2.75) is 45.1 Å². The molecule has 1 aliphatic rings. The SMILES string of the molecule is CSCCC(C)N(C)CC(=O)C1CCCC1. The lowest BCUT2D eigenvalue weighted by Gasteiger charge is -2.24. The van der Waals surface area contributed by atoms with Crippen molar-refractivity contribution in [3.8, 4) is 0 Å². The monoisotopic (exact) mass is 243 g/mol. The van der Waals surface area contributed by atoms with Crippen molar-refractivity contribution in [1.82, 2.24) is 4.90 Å². The molecule has 1 aliphatic carbocycles. The van der Waals surface area contributed by atoms with Crippen molar-refractivity contribution in [1.29, 1.82) is 0 Å². The fraction of sp³-hybridized carbons (Fsp3) is 0.923. The molecule has 0 saturated heterocycles. The van der Waals surface area contributed by atoms with Crippen molar-refractivity contribution >= 4 is 17.5 Å². The highest BCUT2D eigenvalue weighted by molar-refractivity contribution is 7.98. The van der Waals surface area contributed by atoms with Crippen LogP contribution in [0.1, 0.15) is 39.0 Å². The molecule has 0 aromatic rings. The molecular formula is C13H25NOS. The number of thioether (sulfide) groups is 1. The van der Waals surface area contributed by atoms with E-state index in [0.717, 1.165) is 12.8 Å². The first-order chi connectivity index (χ1) is 7.65. The van der Waals surface area contributed by atoms with Crippen LogP contribution in [0.3, 0.4) is 0 Å². The summed E-state index contributed by atoms with van der Waals surface area (Å²) in [6, 6.07) is 0.526. The molecule has 0 bridgehead atoms. The molecular weight excluding hydrogens is 218 g/mol. The number of likely N-dealkylation sites (N-methyl/N-ethyl adjacent to an activating group) is 1. The molecule has 1 unspecified atom stereocenters. The minimum atomic E-state index is 0.371. The number of Topliss-reactive ketones (excluding diaryl/α,β-unsaturated/α-hetero) is 1. The van der Waals surface area contributed by atoms with E-state index in [-0.39, 0.29) is 0 Å². The first kappa shape index (κ1) is 14.0. The van der Waals surface area contributed by atoms with Gasteiger partial charge < -0.3 is 0 Å². The van der Waals surface area contributed by atoms with Gasteiger partial charge in [0.05, 0.1) is 6.54 Å². The van der Waals surface area contributed by atoms with E-state index in [1.807, 2.05) is 11.8 Å². The van der Waals surface area contributed by atoms with Gasteiger partial charge >= 0.3 is 0 Å². The lowest BCUT2D eigenvalue weighted by Crippen LogP contribution is -2.36. The molecule has 0 aromatic heterocycles. The number of hydrogen-bond donors (Lipinski definition) is 0. The second-order valence-corrected chi connectivity index (χ2v) is 5.98. The average molecular weight is 243 g/mol. The second kappa shape index (κ2) is 7.33. The maximum atomic E-state index is 12.0. The number of hydrogen-bond acceptors (Lipinski definition) is 3. The third kappa shape index (κ3) is 4.46. The third-order valence-electron chi connectivity index (χ3n) is 3.71. The zero-order chi connectivity index (χ0) is 12.0. The molecule has 16 heavy (non-hydrogen) atoms. The topological polar surface area (TPSA) is 20.3 Å². The van der Waals surface area contributed by atoms with E-state index >= 15 is 0 Å². The van der Waals surface area contributed by atoms with Gasteiger partial charge in [-0.3, -0.25) is 9.69 Å². The van der Waals surface area contributed by atoms with Crippen LogP contribution in [0.4, 0.5) is 0 Å². The van der Waals surface area contributed by atoms with Crippen LogP contribution in [0.2, 0.25) is 0 Å². The molecule has 2 nitrogen and oxygen atoms in total. The molecule has 0 amide bonds. The highest BCUT2D eigenvalue weighted by Crippen LogP contribution is 2.25. The molecule has 1 fully saturated rings. The molecule has 1 rings (SSSR count). The van der Waals surface area contributed by atoms with E-state index in [1.54, 1.807) is 0 Å². The van der Waals surface area contributed by atoms with Crippen molar-refractivity contribution in [2.75, 3.05) is 25.6 Å². The van der Waals surface area contributed by atoms with Crippen molar-refractivity contribution in [3.63, 3.8) is 0 Å². The normalized spacial score (nSPS) is 19.2. The van der Waals surface area contributed by atoms with Crippen molar-refractivity contribution < 1.29 is 4.79 Å². The lowest BCUT2D eigenvalue weighted by atomic mass is 10.0. The maximum Gasteiger partial charge on any atom is 0.149 e. The van der Waals surface area contributed by atoms with Crippen LogP contribution in [0, 0.1) is 5.92 Å². The van der Waals surface area contributed by atoms with Gasteiger partial charge in [-0.2, -0.15) is 11.8 Å². The summed E-state index contributed by atoms with van der Waals surface area (Å²) in [5.41, 5.74) is 0. The summed E-state index contributed by atoms with van der Waals surface area (Å²) >= 11 is 1.88. The molecule has 94 valence electrons. The van der Waals surface area contributed by atoms with Gasteiger partial charge in [-0.25, -0.2) is 0 Å². The summed E-state index contributed by atoms with van der Waals surface area (Å²) < 4.78 is 0. The van der Waals surface area contributed by atoms with E-state index in [1.165, 1.54) is 25.0 Å². The van der Waals surface area contributed by atoms with Gasteiger partial charge in [0.2, 0.25) is 0 Å². The maximum absolute atomic E-state index is 12.0. The second-order valence-electron chi connectivity index (χ2n) is 4.99. The number of carbonyl (C=O) groups is 1. The average Bonchev–Trinajstić information content (AvgIpc) is 2.79. The molecule has 0 spiro atoms. The zero-order valence-corrected chi connectivity index (χ0v) is 11.7. The van der Waals surface area contributed by atoms with Gasteiger partial charge in [-0.1, -0.05) is 12.8 Å². The van der Waals surface area contributed by atoms with Crippen LogP contribution in [0.15, 0.2) is 0 Å². The number of nitrogens with zero attached hydrogens (tertiary/aromatic N) is 1.